The van der Waals surface area contributed by atoms with E-state index in [4.69, 9.17) is 4.74 Å². The van der Waals surface area contributed by atoms with Crippen molar-refractivity contribution in [1.82, 2.24) is 0 Å². The third kappa shape index (κ3) is 1.91. The van der Waals surface area contributed by atoms with Crippen LogP contribution in [-0.4, -0.2) is 12.2 Å². The first-order chi connectivity index (χ1) is 7.24. The summed E-state index contributed by atoms with van der Waals surface area (Å²) in [5.74, 6) is 0. The Kier molecular flexibility index (Phi) is 3.05. The van der Waals surface area contributed by atoms with Crippen LogP contribution in [0.4, 0.5) is 0 Å². The average molecular weight is 267 g/mol. The summed E-state index contributed by atoms with van der Waals surface area (Å²) < 4.78 is 5.78. The van der Waals surface area contributed by atoms with Crippen LogP contribution in [0.5, 0.6) is 0 Å². The van der Waals surface area contributed by atoms with Crippen LogP contribution in [0.25, 0.3) is 10.8 Å². The van der Waals surface area contributed by atoms with Crippen LogP contribution >= 0.6 is 15.9 Å². The Labute approximate surface area is 96.6 Å². The lowest BCUT2D eigenvalue weighted by molar-refractivity contribution is -0.0773. The van der Waals surface area contributed by atoms with Gasteiger partial charge in [-0.2, -0.15) is 0 Å². The summed E-state index contributed by atoms with van der Waals surface area (Å²) in [7, 11) is 1.48. The summed E-state index contributed by atoms with van der Waals surface area (Å²) in [5.41, 5.74) is 0.746. The second-order valence-electron chi connectivity index (χ2n) is 3.28. The van der Waals surface area contributed by atoms with Crippen LogP contribution in [0, 0.1) is 0 Å². The number of rotatable bonds is 2. The second-order valence-corrected chi connectivity index (χ2v) is 4.07. The molecule has 0 aliphatic carbocycles. The first kappa shape index (κ1) is 10.6. The lowest BCUT2D eigenvalue weighted by Crippen LogP contribution is -2.00. The summed E-state index contributed by atoms with van der Waals surface area (Å²) in [5, 5.41) is 11.8. The smallest absolute Gasteiger partial charge is 0.181 e. The molecule has 78 valence electrons. The van der Waals surface area contributed by atoms with Gasteiger partial charge in [-0.05, 0) is 26.7 Å². The van der Waals surface area contributed by atoms with Gasteiger partial charge in [0.2, 0.25) is 0 Å². The minimum absolute atomic E-state index is 0.746. The standard InChI is InChI=1S/C12H11BrO2/c1-15-12(14)10-7-6-8-4-2-3-5-9(8)11(10)13/h2-7,12,14H,1H3. The van der Waals surface area contributed by atoms with E-state index < -0.39 is 6.29 Å². The molecule has 1 atom stereocenters. The Balaban J connectivity index is 2.65. The number of halogens is 1. The Bertz CT molecular complexity index is 482. The Morgan fingerprint density at radius 1 is 1.20 bits per heavy atom. The molecule has 0 spiro atoms. The van der Waals surface area contributed by atoms with Crippen molar-refractivity contribution in [1.29, 1.82) is 0 Å². The van der Waals surface area contributed by atoms with E-state index in [0.717, 1.165) is 20.8 Å². The summed E-state index contributed by atoms with van der Waals surface area (Å²) >= 11 is 3.48. The van der Waals surface area contributed by atoms with Crippen LogP contribution in [0.1, 0.15) is 11.9 Å². The molecule has 2 rings (SSSR count). The van der Waals surface area contributed by atoms with Crippen LogP contribution in [0.15, 0.2) is 40.9 Å². The first-order valence-corrected chi connectivity index (χ1v) is 5.41. The molecule has 0 saturated carbocycles. The monoisotopic (exact) mass is 266 g/mol. The van der Waals surface area contributed by atoms with E-state index in [2.05, 4.69) is 15.9 Å². The van der Waals surface area contributed by atoms with Gasteiger partial charge < -0.3 is 9.84 Å². The van der Waals surface area contributed by atoms with Crippen LogP contribution in [0.3, 0.4) is 0 Å². The predicted molar refractivity (Wildman–Crippen MR) is 63.6 cm³/mol. The zero-order chi connectivity index (χ0) is 10.8. The van der Waals surface area contributed by atoms with Gasteiger partial charge in [0.1, 0.15) is 0 Å². The van der Waals surface area contributed by atoms with Crippen LogP contribution in [-0.2, 0) is 4.74 Å². The molecule has 2 nitrogen and oxygen atoms in total. The fraction of sp³-hybridized carbons (Fsp3) is 0.167. The summed E-state index contributed by atoms with van der Waals surface area (Å²) in [6.07, 6.45) is -0.885. The highest BCUT2D eigenvalue weighted by molar-refractivity contribution is 9.10. The molecule has 1 unspecified atom stereocenters. The van der Waals surface area contributed by atoms with E-state index in [0.29, 0.717) is 0 Å². The molecular formula is C12H11BrO2. The Morgan fingerprint density at radius 3 is 2.67 bits per heavy atom. The van der Waals surface area contributed by atoms with E-state index >= 15 is 0 Å². The van der Waals surface area contributed by atoms with Gasteiger partial charge in [-0.15, -0.1) is 0 Å². The fourth-order valence-electron chi connectivity index (χ4n) is 1.57. The molecular weight excluding hydrogens is 256 g/mol. The maximum atomic E-state index is 9.62. The molecule has 0 amide bonds. The summed E-state index contributed by atoms with van der Waals surface area (Å²) in [6, 6.07) is 11.8. The number of hydrogen-bond donors (Lipinski definition) is 1. The second kappa shape index (κ2) is 4.31. The van der Waals surface area contributed by atoms with Gasteiger partial charge in [0, 0.05) is 17.1 Å². The highest BCUT2D eigenvalue weighted by Gasteiger charge is 2.11. The number of aliphatic hydroxyl groups is 1. The third-order valence-corrected chi connectivity index (χ3v) is 3.27. The van der Waals surface area contributed by atoms with Gasteiger partial charge in [-0.25, -0.2) is 0 Å². The van der Waals surface area contributed by atoms with Crippen molar-refractivity contribution >= 4 is 26.7 Å². The van der Waals surface area contributed by atoms with E-state index in [-0.39, 0.29) is 0 Å². The van der Waals surface area contributed by atoms with E-state index in [1.54, 1.807) is 0 Å². The zero-order valence-corrected chi connectivity index (χ0v) is 9.86. The number of fused-ring (bicyclic) bond motifs is 1. The highest BCUT2D eigenvalue weighted by atomic mass is 79.9. The lowest BCUT2D eigenvalue weighted by Gasteiger charge is -2.12. The quantitative estimate of drug-likeness (QED) is 0.846. The number of ether oxygens (including phenoxy) is 1. The summed E-state index contributed by atoms with van der Waals surface area (Å²) in [4.78, 5) is 0. The molecule has 0 heterocycles. The van der Waals surface area contributed by atoms with E-state index in [1.807, 2.05) is 36.4 Å². The molecule has 2 aromatic rings. The molecule has 0 saturated heterocycles. The molecule has 0 radical (unpaired) electrons. The fourth-order valence-corrected chi connectivity index (χ4v) is 2.26. The zero-order valence-electron chi connectivity index (χ0n) is 8.27. The topological polar surface area (TPSA) is 29.5 Å². The van der Waals surface area contributed by atoms with Crippen molar-refractivity contribution in [3.8, 4) is 0 Å². The van der Waals surface area contributed by atoms with Gasteiger partial charge in [0.05, 0.1) is 0 Å². The average Bonchev–Trinajstić information content (AvgIpc) is 2.29. The van der Waals surface area contributed by atoms with Crippen molar-refractivity contribution in [2.24, 2.45) is 0 Å². The number of benzene rings is 2. The van der Waals surface area contributed by atoms with Gasteiger partial charge in [-0.1, -0.05) is 36.4 Å². The SMILES string of the molecule is COC(O)c1ccc2ccccc2c1Br. The normalized spacial score (nSPS) is 13.0. The van der Waals surface area contributed by atoms with Gasteiger partial charge in [0.25, 0.3) is 0 Å². The lowest BCUT2D eigenvalue weighted by atomic mass is 10.1. The molecule has 0 aliphatic heterocycles. The maximum absolute atomic E-state index is 9.62. The third-order valence-electron chi connectivity index (χ3n) is 2.38. The maximum Gasteiger partial charge on any atom is 0.181 e. The van der Waals surface area contributed by atoms with Crippen molar-refractivity contribution in [3.05, 3.63) is 46.4 Å². The molecule has 2 aromatic carbocycles. The predicted octanol–water partition coefficient (Wildman–Crippen LogP) is 3.24. The molecule has 3 heteroatoms. The molecule has 1 N–H and O–H groups in total. The van der Waals surface area contributed by atoms with Gasteiger partial charge in [0.15, 0.2) is 6.29 Å². The molecule has 15 heavy (non-hydrogen) atoms. The molecule has 0 fully saturated rings. The van der Waals surface area contributed by atoms with E-state index in [1.165, 1.54) is 7.11 Å². The van der Waals surface area contributed by atoms with Crippen molar-refractivity contribution in [3.63, 3.8) is 0 Å². The summed E-state index contributed by atoms with van der Waals surface area (Å²) in [6.45, 7) is 0. The van der Waals surface area contributed by atoms with Crippen LogP contribution in [0.2, 0.25) is 0 Å². The van der Waals surface area contributed by atoms with Gasteiger partial charge in [-0.3, -0.25) is 0 Å². The molecule has 0 aliphatic rings. The number of aliphatic hydroxyl groups excluding tert-OH is 1. The van der Waals surface area contributed by atoms with Crippen molar-refractivity contribution in [2.45, 2.75) is 6.29 Å². The largest absolute Gasteiger partial charge is 0.364 e. The molecule has 0 bridgehead atoms. The number of hydrogen-bond acceptors (Lipinski definition) is 2. The molecule has 0 aromatic heterocycles. The minimum atomic E-state index is -0.885. The van der Waals surface area contributed by atoms with Crippen LogP contribution < -0.4 is 0 Å². The van der Waals surface area contributed by atoms with Gasteiger partial charge >= 0.3 is 0 Å². The van der Waals surface area contributed by atoms with Crippen molar-refractivity contribution in [2.75, 3.05) is 7.11 Å². The van der Waals surface area contributed by atoms with E-state index in [9.17, 15) is 5.11 Å². The Hall–Kier alpha value is -0.900. The highest BCUT2D eigenvalue weighted by Crippen LogP contribution is 2.31. The van der Waals surface area contributed by atoms with Crippen molar-refractivity contribution < 1.29 is 9.84 Å². The Morgan fingerprint density at radius 2 is 1.93 bits per heavy atom. The number of methoxy groups -OCH3 is 1. The first-order valence-electron chi connectivity index (χ1n) is 4.62. The minimum Gasteiger partial charge on any atom is -0.364 e.